The van der Waals surface area contributed by atoms with Crippen LogP contribution in [0.25, 0.3) is 0 Å². The first-order valence-electron chi connectivity index (χ1n) is 7.77. The zero-order chi connectivity index (χ0) is 15.7. The van der Waals surface area contributed by atoms with Crippen LogP contribution in [0.15, 0.2) is 29.4 Å². The number of hydrazone groups is 1. The largest absolute Gasteiger partial charge is 0.246 e. The third-order valence-electron chi connectivity index (χ3n) is 3.78. The van der Waals surface area contributed by atoms with Crippen molar-refractivity contribution < 1.29 is 0 Å². The fourth-order valence-corrected chi connectivity index (χ4v) is 2.95. The summed E-state index contributed by atoms with van der Waals surface area (Å²) in [5, 5.41) is 6.75. The molecule has 0 radical (unpaired) electrons. The van der Waals surface area contributed by atoms with Gasteiger partial charge >= 0.3 is 0 Å². The van der Waals surface area contributed by atoms with Crippen molar-refractivity contribution in [3.8, 4) is 0 Å². The van der Waals surface area contributed by atoms with Crippen molar-refractivity contribution in [1.29, 1.82) is 0 Å². The fourth-order valence-electron chi connectivity index (χ4n) is 2.95. The Bertz CT molecular complexity index is 693. The van der Waals surface area contributed by atoms with E-state index in [1.807, 2.05) is 24.9 Å². The van der Waals surface area contributed by atoms with Gasteiger partial charge in [-0.05, 0) is 52.2 Å². The number of aryl methyl sites for hydroxylation is 4. The van der Waals surface area contributed by atoms with E-state index in [9.17, 15) is 0 Å². The predicted octanol–water partition coefficient (Wildman–Crippen LogP) is 3.71. The predicted molar refractivity (Wildman–Crippen MR) is 90.5 cm³/mol. The Morgan fingerprint density at radius 1 is 0.864 bits per heavy atom. The summed E-state index contributed by atoms with van der Waals surface area (Å²) >= 11 is 0. The van der Waals surface area contributed by atoms with Crippen LogP contribution in [-0.2, 0) is 0 Å². The summed E-state index contributed by atoms with van der Waals surface area (Å²) < 4.78 is 0. The van der Waals surface area contributed by atoms with Crippen LogP contribution >= 0.6 is 0 Å². The van der Waals surface area contributed by atoms with E-state index in [1.165, 1.54) is 16.7 Å². The Morgan fingerprint density at radius 3 is 2.14 bits per heavy atom. The molecule has 0 N–H and O–H groups in total. The highest BCUT2D eigenvalue weighted by Crippen LogP contribution is 2.20. The SMILES string of the molecule is Cc1cc(C)cc(C2=NN(c3nc(C)cc(C)n3)CCC2)c1. The number of rotatable bonds is 2. The molecule has 0 spiro atoms. The number of hydrogen-bond donors (Lipinski definition) is 0. The molecule has 114 valence electrons. The van der Waals surface area contributed by atoms with Crippen molar-refractivity contribution in [2.75, 3.05) is 11.6 Å². The van der Waals surface area contributed by atoms with Gasteiger partial charge in [0, 0.05) is 17.9 Å². The first kappa shape index (κ1) is 14.7. The summed E-state index contributed by atoms with van der Waals surface area (Å²) in [6, 6.07) is 8.59. The van der Waals surface area contributed by atoms with E-state index in [0.29, 0.717) is 5.95 Å². The first-order valence-corrected chi connectivity index (χ1v) is 7.77. The van der Waals surface area contributed by atoms with Crippen LogP contribution in [0.3, 0.4) is 0 Å². The Hall–Kier alpha value is -2.23. The van der Waals surface area contributed by atoms with Gasteiger partial charge in [0.15, 0.2) is 0 Å². The maximum absolute atomic E-state index is 4.81. The molecule has 2 heterocycles. The Kier molecular flexibility index (Phi) is 3.92. The lowest BCUT2D eigenvalue weighted by atomic mass is 10.00. The number of nitrogens with zero attached hydrogens (tertiary/aromatic N) is 4. The highest BCUT2D eigenvalue weighted by atomic mass is 15.5. The van der Waals surface area contributed by atoms with E-state index in [1.54, 1.807) is 0 Å². The Morgan fingerprint density at radius 2 is 1.50 bits per heavy atom. The molecule has 0 saturated carbocycles. The molecule has 0 aliphatic carbocycles. The molecule has 4 nitrogen and oxygen atoms in total. The van der Waals surface area contributed by atoms with Crippen molar-refractivity contribution >= 4 is 11.7 Å². The minimum Gasteiger partial charge on any atom is -0.231 e. The molecule has 1 aliphatic heterocycles. The van der Waals surface area contributed by atoms with Crippen LogP contribution in [0.2, 0.25) is 0 Å². The van der Waals surface area contributed by atoms with Gasteiger partial charge in [0.2, 0.25) is 5.95 Å². The van der Waals surface area contributed by atoms with Crippen molar-refractivity contribution in [1.82, 2.24) is 9.97 Å². The smallest absolute Gasteiger partial charge is 0.231 e. The number of benzene rings is 1. The van der Waals surface area contributed by atoms with E-state index in [0.717, 1.165) is 36.5 Å². The minimum absolute atomic E-state index is 0.707. The quantitative estimate of drug-likeness (QED) is 0.847. The highest BCUT2D eigenvalue weighted by Gasteiger charge is 2.17. The van der Waals surface area contributed by atoms with Gasteiger partial charge in [0.25, 0.3) is 0 Å². The maximum Gasteiger partial charge on any atom is 0.246 e. The normalized spacial score (nSPS) is 14.9. The minimum atomic E-state index is 0.707. The fraction of sp³-hybridized carbons (Fsp3) is 0.389. The molecule has 2 aromatic rings. The zero-order valence-electron chi connectivity index (χ0n) is 13.7. The van der Waals surface area contributed by atoms with Gasteiger partial charge in [-0.15, -0.1) is 0 Å². The molecule has 0 atom stereocenters. The second-order valence-electron chi connectivity index (χ2n) is 6.10. The average Bonchev–Trinajstić information content (AvgIpc) is 2.45. The van der Waals surface area contributed by atoms with Crippen molar-refractivity contribution in [3.05, 3.63) is 52.3 Å². The van der Waals surface area contributed by atoms with E-state index >= 15 is 0 Å². The molecule has 1 aliphatic rings. The monoisotopic (exact) mass is 294 g/mol. The van der Waals surface area contributed by atoms with Gasteiger partial charge in [0.05, 0.1) is 5.71 Å². The number of hydrogen-bond acceptors (Lipinski definition) is 4. The van der Waals surface area contributed by atoms with E-state index in [-0.39, 0.29) is 0 Å². The Balaban J connectivity index is 1.97. The van der Waals surface area contributed by atoms with Crippen molar-refractivity contribution in [3.63, 3.8) is 0 Å². The van der Waals surface area contributed by atoms with Crippen LogP contribution in [-0.4, -0.2) is 22.2 Å². The van der Waals surface area contributed by atoms with Gasteiger partial charge in [-0.25, -0.2) is 15.0 Å². The summed E-state index contributed by atoms with van der Waals surface area (Å²) in [5.74, 6) is 0.707. The molecule has 0 bridgehead atoms. The van der Waals surface area contributed by atoms with Crippen LogP contribution < -0.4 is 5.01 Å². The Labute approximate surface area is 131 Å². The standard InChI is InChI=1S/C18H22N4/c1-12-8-13(2)10-16(9-12)17-6-5-7-22(21-17)18-19-14(3)11-15(4)20-18/h8-11H,5-7H2,1-4H3. The van der Waals surface area contributed by atoms with Gasteiger partial charge in [-0.1, -0.05) is 29.3 Å². The molecule has 4 heteroatoms. The molecule has 3 rings (SSSR count). The molecular weight excluding hydrogens is 272 g/mol. The lowest BCUT2D eigenvalue weighted by molar-refractivity contribution is 0.715. The summed E-state index contributed by atoms with van der Waals surface area (Å²) in [5.41, 5.74) is 6.86. The van der Waals surface area contributed by atoms with E-state index in [4.69, 9.17) is 5.10 Å². The van der Waals surface area contributed by atoms with Crippen molar-refractivity contribution in [2.24, 2.45) is 5.10 Å². The van der Waals surface area contributed by atoms with Crippen molar-refractivity contribution in [2.45, 2.75) is 40.5 Å². The summed E-state index contributed by atoms with van der Waals surface area (Å²) in [4.78, 5) is 9.06. The second-order valence-corrected chi connectivity index (χ2v) is 6.10. The first-order chi connectivity index (χ1) is 10.5. The van der Waals surface area contributed by atoms with Crippen LogP contribution in [0.4, 0.5) is 5.95 Å². The molecular formula is C18H22N4. The van der Waals surface area contributed by atoms with Gasteiger partial charge in [-0.2, -0.15) is 5.10 Å². The average molecular weight is 294 g/mol. The number of anilines is 1. The van der Waals surface area contributed by atoms with Crippen LogP contribution in [0, 0.1) is 27.7 Å². The van der Waals surface area contributed by atoms with Gasteiger partial charge in [0.1, 0.15) is 0 Å². The second kappa shape index (κ2) is 5.87. The van der Waals surface area contributed by atoms with Gasteiger partial charge < -0.3 is 0 Å². The summed E-state index contributed by atoms with van der Waals surface area (Å²) in [7, 11) is 0. The molecule has 0 fully saturated rings. The van der Waals surface area contributed by atoms with Crippen LogP contribution in [0.5, 0.6) is 0 Å². The third-order valence-corrected chi connectivity index (χ3v) is 3.78. The molecule has 0 unspecified atom stereocenters. The molecule has 0 amide bonds. The summed E-state index contributed by atoms with van der Waals surface area (Å²) in [6.45, 7) is 9.12. The lowest BCUT2D eigenvalue weighted by Gasteiger charge is -2.24. The zero-order valence-corrected chi connectivity index (χ0v) is 13.7. The molecule has 1 aromatic heterocycles. The van der Waals surface area contributed by atoms with E-state index in [2.05, 4.69) is 42.0 Å². The topological polar surface area (TPSA) is 41.4 Å². The van der Waals surface area contributed by atoms with E-state index < -0.39 is 0 Å². The summed E-state index contributed by atoms with van der Waals surface area (Å²) in [6.07, 6.45) is 2.08. The maximum atomic E-state index is 4.81. The van der Waals surface area contributed by atoms with Gasteiger partial charge in [-0.3, -0.25) is 0 Å². The molecule has 0 saturated heterocycles. The number of aromatic nitrogens is 2. The van der Waals surface area contributed by atoms with Crippen LogP contribution in [0.1, 0.15) is 40.9 Å². The lowest BCUT2D eigenvalue weighted by Crippen LogP contribution is -2.28. The molecule has 22 heavy (non-hydrogen) atoms. The molecule has 1 aromatic carbocycles. The highest BCUT2D eigenvalue weighted by molar-refractivity contribution is 6.01. The third kappa shape index (κ3) is 3.16.